The Hall–Kier alpha value is -4.27. The summed E-state index contributed by atoms with van der Waals surface area (Å²) in [6.45, 7) is 8.91. The quantitative estimate of drug-likeness (QED) is 0.118. The van der Waals surface area contributed by atoms with E-state index in [2.05, 4.69) is 91.9 Å². The number of allylic oxidation sites excluding steroid dienone is 2. The van der Waals surface area contributed by atoms with Crippen molar-refractivity contribution in [1.29, 1.82) is 0 Å². The van der Waals surface area contributed by atoms with E-state index in [0.29, 0.717) is 23.8 Å². The maximum absolute atomic E-state index is 11.5. The number of imidazole rings is 1. The zero-order valence-electron chi connectivity index (χ0n) is 26.1. The Morgan fingerprint density at radius 2 is 1.51 bits per heavy atom. The van der Waals surface area contributed by atoms with Crippen LogP contribution >= 0.6 is 0 Å². The first-order valence-electron chi connectivity index (χ1n) is 15.4. The average molecular weight is 772 g/mol. The van der Waals surface area contributed by atoms with E-state index in [9.17, 15) is 5.11 Å². The molecule has 45 heavy (non-hydrogen) atoms. The average Bonchev–Trinajstić information content (AvgIpc) is 3.49. The van der Waals surface area contributed by atoms with Gasteiger partial charge >= 0.3 is 0 Å². The van der Waals surface area contributed by atoms with E-state index >= 15 is 0 Å². The summed E-state index contributed by atoms with van der Waals surface area (Å²) in [6.07, 6.45) is 11.6. The summed E-state index contributed by atoms with van der Waals surface area (Å²) in [7, 11) is 0. The minimum atomic E-state index is 0. The Kier molecular flexibility index (Phi) is 10.2. The van der Waals surface area contributed by atoms with Crippen LogP contribution in [-0.4, -0.2) is 19.6 Å². The molecular formula is C40H38N3OPt-. The number of hydrogen-bond acceptors (Lipinski definition) is 3. The minimum absolute atomic E-state index is 0. The molecule has 0 spiro atoms. The molecule has 0 aliphatic heterocycles. The van der Waals surface area contributed by atoms with Crippen LogP contribution in [0.5, 0.6) is 5.75 Å². The second kappa shape index (κ2) is 14.2. The third kappa shape index (κ3) is 7.02. The summed E-state index contributed by atoms with van der Waals surface area (Å²) in [6, 6.07) is 32.3. The van der Waals surface area contributed by atoms with Crippen LogP contribution in [0.4, 0.5) is 0 Å². The van der Waals surface area contributed by atoms with E-state index in [4.69, 9.17) is 4.98 Å². The first-order valence-corrected chi connectivity index (χ1v) is 15.4. The number of aromatic hydroxyl groups is 1. The molecule has 2 aromatic heterocycles. The number of para-hydroxylation sites is 1. The predicted octanol–water partition coefficient (Wildman–Crippen LogP) is 9.85. The fourth-order valence-corrected chi connectivity index (χ4v) is 5.62. The first-order chi connectivity index (χ1) is 21.4. The molecule has 4 aromatic carbocycles. The van der Waals surface area contributed by atoms with E-state index in [0.717, 1.165) is 40.1 Å². The Morgan fingerprint density at radius 1 is 0.800 bits per heavy atom. The molecule has 0 bridgehead atoms. The Labute approximate surface area is 280 Å². The first kappa shape index (κ1) is 32.1. The van der Waals surface area contributed by atoms with Gasteiger partial charge in [-0.05, 0) is 70.5 Å². The van der Waals surface area contributed by atoms with E-state index in [-0.39, 0.29) is 26.8 Å². The number of nitrogens with zero attached hydrogens (tertiary/aromatic N) is 3. The zero-order valence-corrected chi connectivity index (χ0v) is 28.4. The van der Waals surface area contributed by atoms with Crippen molar-refractivity contribution in [3.8, 4) is 34.1 Å². The molecular weight excluding hydrogens is 734 g/mol. The van der Waals surface area contributed by atoms with E-state index in [1.807, 2.05) is 67.1 Å². The molecule has 1 N–H and O–H groups in total. The van der Waals surface area contributed by atoms with Gasteiger partial charge in [-0.3, -0.25) is 9.97 Å². The molecule has 0 saturated heterocycles. The van der Waals surface area contributed by atoms with Gasteiger partial charge in [0.2, 0.25) is 0 Å². The molecule has 0 amide bonds. The monoisotopic (exact) mass is 771 g/mol. The van der Waals surface area contributed by atoms with Crippen LogP contribution < -0.4 is 0 Å². The van der Waals surface area contributed by atoms with Crippen LogP contribution in [0.2, 0.25) is 0 Å². The van der Waals surface area contributed by atoms with Crippen molar-refractivity contribution in [3.63, 3.8) is 0 Å². The third-order valence-corrected chi connectivity index (χ3v) is 8.22. The van der Waals surface area contributed by atoms with Gasteiger partial charge in [-0.1, -0.05) is 82.3 Å². The van der Waals surface area contributed by atoms with E-state index in [1.54, 1.807) is 0 Å². The largest absolute Gasteiger partial charge is 0.507 e. The van der Waals surface area contributed by atoms with Crippen molar-refractivity contribution in [2.45, 2.75) is 52.4 Å². The second-order valence-electron chi connectivity index (χ2n) is 12.0. The molecule has 0 aliphatic carbocycles. The van der Waals surface area contributed by atoms with Gasteiger partial charge < -0.3 is 9.67 Å². The molecule has 0 fully saturated rings. The van der Waals surface area contributed by atoms with Crippen molar-refractivity contribution >= 4 is 10.8 Å². The maximum atomic E-state index is 11.5. The second-order valence-corrected chi connectivity index (χ2v) is 12.0. The summed E-state index contributed by atoms with van der Waals surface area (Å²) in [5.41, 5.74) is 8.04. The van der Waals surface area contributed by atoms with Crippen molar-refractivity contribution in [3.05, 3.63) is 144 Å². The van der Waals surface area contributed by atoms with Crippen LogP contribution in [-0.2, 0) is 33.9 Å². The zero-order chi connectivity index (χ0) is 30.6. The van der Waals surface area contributed by atoms with Gasteiger partial charge in [-0.25, -0.2) is 0 Å². The molecule has 2 heterocycles. The van der Waals surface area contributed by atoms with Crippen LogP contribution in [0.25, 0.3) is 39.1 Å². The number of benzene rings is 4. The van der Waals surface area contributed by atoms with Crippen LogP contribution in [0.3, 0.4) is 0 Å². The molecule has 5 heteroatoms. The molecule has 0 saturated carbocycles. The normalized spacial score (nSPS) is 11.5. The summed E-state index contributed by atoms with van der Waals surface area (Å²) in [4.78, 5) is 9.49. The van der Waals surface area contributed by atoms with Gasteiger partial charge in [0, 0.05) is 56.3 Å². The molecule has 6 rings (SSSR count). The van der Waals surface area contributed by atoms with Crippen molar-refractivity contribution in [1.82, 2.24) is 14.5 Å². The number of pyridine rings is 1. The summed E-state index contributed by atoms with van der Waals surface area (Å²) >= 11 is 0. The van der Waals surface area contributed by atoms with E-state index in [1.165, 1.54) is 22.1 Å². The number of hydrogen-bond donors (Lipinski definition) is 1. The predicted molar refractivity (Wildman–Crippen MR) is 181 cm³/mol. The SMILES string of the molecule is CC(C)c1cc(C(C)C)cc(-n2cc(-c3cccc(C/C=C\Cc4cncc5ccccc45)c3O)nc2-c2[c-]cccc2)c1.[Pt]. The van der Waals surface area contributed by atoms with Crippen LogP contribution in [0, 0.1) is 6.07 Å². The molecule has 230 valence electrons. The Balaban J connectivity index is 0.00000400. The number of fused-ring (bicyclic) bond motifs is 1. The number of phenols is 1. The molecule has 0 radical (unpaired) electrons. The van der Waals surface area contributed by atoms with Gasteiger partial charge in [0.15, 0.2) is 0 Å². The van der Waals surface area contributed by atoms with Crippen molar-refractivity contribution in [2.24, 2.45) is 0 Å². The van der Waals surface area contributed by atoms with Crippen molar-refractivity contribution < 1.29 is 26.2 Å². The van der Waals surface area contributed by atoms with Gasteiger partial charge in [0.05, 0.1) is 11.5 Å². The standard InChI is InChI=1S/C40H38N3O.Pt/c1-27(2)33-21-34(28(3)4)23-35(22-33)43-26-38(42-40(43)30-14-6-5-7-15-30)37-20-12-18-29(39(37)44)13-8-9-16-31-24-41-25-32-17-10-11-19-36(31)32;/h5-12,14,17-28,44H,13,16H2,1-4H3;/q-1;/b9-8-;. The van der Waals surface area contributed by atoms with Crippen LogP contribution in [0.1, 0.15) is 61.8 Å². The Bertz CT molecular complexity index is 1910. The number of phenolic OH excluding ortho intramolecular Hbond substituents is 1. The molecule has 4 nitrogen and oxygen atoms in total. The molecule has 0 aliphatic rings. The number of rotatable bonds is 9. The van der Waals surface area contributed by atoms with Gasteiger partial charge in [0.1, 0.15) is 5.75 Å². The summed E-state index contributed by atoms with van der Waals surface area (Å²) in [5, 5.41) is 13.8. The fourth-order valence-electron chi connectivity index (χ4n) is 5.62. The molecule has 0 atom stereocenters. The van der Waals surface area contributed by atoms with Crippen molar-refractivity contribution in [2.75, 3.05) is 0 Å². The minimum Gasteiger partial charge on any atom is -0.507 e. The maximum Gasteiger partial charge on any atom is 0.128 e. The molecule has 0 unspecified atom stereocenters. The molecule has 6 aromatic rings. The van der Waals surface area contributed by atoms with Crippen LogP contribution in [0.15, 0.2) is 116 Å². The smallest absolute Gasteiger partial charge is 0.128 e. The summed E-state index contributed by atoms with van der Waals surface area (Å²) < 4.78 is 2.14. The van der Waals surface area contributed by atoms with Gasteiger partial charge in [-0.2, -0.15) is 0 Å². The van der Waals surface area contributed by atoms with Gasteiger partial charge in [0.25, 0.3) is 0 Å². The van der Waals surface area contributed by atoms with E-state index < -0.39 is 0 Å². The topological polar surface area (TPSA) is 50.9 Å². The summed E-state index contributed by atoms with van der Waals surface area (Å²) in [5.74, 6) is 1.85. The van der Waals surface area contributed by atoms with Gasteiger partial charge in [-0.15, -0.1) is 35.9 Å². The number of aromatic nitrogens is 3. The fraction of sp³-hybridized carbons (Fsp3) is 0.200. The third-order valence-electron chi connectivity index (χ3n) is 8.22. The Morgan fingerprint density at radius 3 is 2.22 bits per heavy atom.